The van der Waals surface area contributed by atoms with Crippen LogP contribution in [0.3, 0.4) is 0 Å². The van der Waals surface area contributed by atoms with Crippen LogP contribution in [-0.2, 0) is 61.6 Å². The second kappa shape index (κ2) is 37.7. The predicted molar refractivity (Wildman–Crippen MR) is 277 cm³/mol. The van der Waals surface area contributed by atoms with Crippen LogP contribution < -0.4 is 0 Å². The summed E-state index contributed by atoms with van der Waals surface area (Å²) < 4.78 is 85.2. The van der Waals surface area contributed by atoms with Gasteiger partial charge >= 0.3 is 0 Å². The summed E-state index contributed by atoms with van der Waals surface area (Å²) in [7, 11) is 0. The van der Waals surface area contributed by atoms with Crippen molar-refractivity contribution in [3.05, 3.63) is 0 Å². The Kier molecular flexibility index (Phi) is 38.8. The summed E-state index contributed by atoms with van der Waals surface area (Å²) in [4.78, 5) is 0. The fourth-order valence-electron chi connectivity index (χ4n) is 13.2. The van der Waals surface area contributed by atoms with E-state index in [1.165, 1.54) is 0 Å². The van der Waals surface area contributed by atoms with Crippen LogP contribution in [0.25, 0.3) is 0 Å². The molecule has 0 saturated carbocycles. The first-order valence-corrected chi connectivity index (χ1v) is 29.2. The number of rotatable bonds is 17. The van der Waals surface area contributed by atoms with Crippen LogP contribution in [0.1, 0.15) is 124 Å². The smallest absolute Gasteiger partial charge is 0.163 e. The van der Waals surface area contributed by atoms with Gasteiger partial charge in [-0.05, 0) is 68.6 Å². The van der Waals surface area contributed by atoms with Crippen molar-refractivity contribution in [2.45, 2.75) is 260 Å². The molecule has 0 aromatic rings. The predicted octanol–water partition coefficient (Wildman–Crippen LogP) is 4.84. The summed E-state index contributed by atoms with van der Waals surface area (Å²) in [6.07, 6.45) is -12.1. The van der Waals surface area contributed by atoms with Crippen molar-refractivity contribution in [2.75, 3.05) is 26.4 Å². The van der Waals surface area contributed by atoms with E-state index in [2.05, 4.69) is 48.5 Å². The number of ether oxygens (including phenoxy) is 13. The van der Waals surface area contributed by atoms with Gasteiger partial charge in [0.1, 0.15) is 30.5 Å². The monoisotopic (exact) mass is 2230 g/mol. The molecule has 0 aliphatic carbocycles. The summed E-state index contributed by atoms with van der Waals surface area (Å²) in [6.45, 7) is 33.4. The van der Waals surface area contributed by atoms with Gasteiger partial charge in [0.25, 0.3) is 0 Å². The van der Waals surface area contributed by atoms with E-state index in [-0.39, 0.29) is 330 Å². The first kappa shape index (κ1) is 83.5. The normalized spacial score (nSPS) is 51.2. The summed E-state index contributed by atoms with van der Waals surface area (Å²) >= 11 is 0. The number of aliphatic hydroxyl groups excluding tert-OH is 6. The average Bonchev–Trinajstić information content (AvgIpc) is 3.40. The van der Waals surface area contributed by atoms with Crippen LogP contribution in [0.15, 0.2) is 0 Å². The molecule has 459 valence electrons. The third kappa shape index (κ3) is 18.9. The molecule has 7 heterocycles. The Morgan fingerprint density at radius 2 is 0.531 bits per heavy atom. The van der Waals surface area contributed by atoms with Gasteiger partial charge in [0.15, 0.2) is 37.7 Å². The molecule has 19 nitrogen and oxygen atoms in total. The molecule has 0 amide bonds. The Labute approximate surface area is 664 Å². The third-order valence-electron chi connectivity index (χ3n) is 20.3. The summed E-state index contributed by atoms with van der Waals surface area (Å²) in [6, 6.07) is 0. The second-order valence-corrected chi connectivity index (χ2v) is 24.9. The maximum absolute atomic E-state index is 11.9. The molecule has 7 fully saturated rings. The minimum Gasteiger partial charge on any atom is -0.394 e. The molecule has 24 heteroatoms. The molecule has 0 spiro atoms. The van der Waals surface area contributed by atoms with Gasteiger partial charge in [-0.25, -0.2) is 0 Å². The van der Waals surface area contributed by atoms with E-state index >= 15 is 0 Å². The van der Waals surface area contributed by atoms with Gasteiger partial charge in [-0.2, -0.15) is 0 Å². The first-order chi connectivity index (χ1) is 35.9. The van der Waals surface area contributed by atoms with Crippen LogP contribution in [0.4, 0.5) is 0 Å². The van der Waals surface area contributed by atoms with Gasteiger partial charge in [-0.3, -0.25) is 0 Å². The maximum atomic E-state index is 11.9. The third-order valence-corrected chi connectivity index (χ3v) is 20.3. The topological polar surface area (TPSA) is 241 Å². The maximum Gasteiger partial charge on any atom is 0.163 e. The van der Waals surface area contributed by atoms with Gasteiger partial charge in [-0.15, -0.1) is 0 Å². The molecule has 81 heavy (non-hydrogen) atoms. The number of hydrogen-bond acceptors (Lipinski definition) is 19. The molecule has 7 aliphatic heterocycles. The Morgan fingerprint density at radius 1 is 0.259 bits per heavy atom. The summed E-state index contributed by atoms with van der Waals surface area (Å²) in [5.74, 6) is -1.33. The van der Waals surface area contributed by atoms with Crippen molar-refractivity contribution < 1.29 is 313 Å². The Morgan fingerprint density at radius 3 is 0.901 bits per heavy atom. The van der Waals surface area contributed by atoms with E-state index in [0.717, 1.165) is 6.42 Å². The van der Waals surface area contributed by atoms with E-state index in [4.69, 9.17) is 61.6 Å². The molecule has 0 aromatic carbocycles. The van der Waals surface area contributed by atoms with Gasteiger partial charge < -0.3 is 92.2 Å². The molecule has 7 saturated heterocycles. The second-order valence-electron chi connectivity index (χ2n) is 24.9. The van der Waals surface area contributed by atoms with Crippen LogP contribution in [-0.4, -0.2) is 192 Å². The van der Waals surface area contributed by atoms with Crippen molar-refractivity contribution in [2.24, 2.45) is 76.9 Å². The van der Waals surface area contributed by atoms with Crippen LogP contribution in [0.5, 0.6) is 0 Å². The van der Waals surface area contributed by atoms with Crippen molar-refractivity contribution in [1.29, 1.82) is 0 Å². The number of aliphatic hydroxyl groups is 6. The average molecular weight is 2230 g/mol. The molecule has 35 atom stereocenters. The van der Waals surface area contributed by atoms with Crippen LogP contribution in [0.2, 0.25) is 0 Å². The van der Waals surface area contributed by atoms with E-state index in [0.29, 0.717) is 11.8 Å². The van der Waals surface area contributed by atoms with Gasteiger partial charge in [0.05, 0.1) is 93.6 Å². The zero-order valence-corrected chi connectivity index (χ0v) is 75.3. The molecular weight excluding hydrogens is 2120 g/mol. The molecule has 6 N–H and O–H groups in total. The first-order valence-electron chi connectivity index (χ1n) is 29.2. The van der Waals surface area contributed by atoms with Crippen molar-refractivity contribution in [1.82, 2.24) is 0 Å². The van der Waals surface area contributed by atoms with Crippen LogP contribution >= 0.6 is 0 Å². The van der Waals surface area contributed by atoms with Crippen molar-refractivity contribution in [3.63, 3.8) is 0 Å². The molecule has 0 bridgehead atoms. The molecule has 7 rings (SSSR count). The van der Waals surface area contributed by atoms with Crippen LogP contribution in [0, 0.1) is 297 Å². The fourth-order valence-corrected chi connectivity index (χ4v) is 13.2. The van der Waals surface area contributed by atoms with Crippen molar-refractivity contribution in [3.8, 4) is 0 Å². The Bertz CT molecular complexity index is 1790. The van der Waals surface area contributed by atoms with Gasteiger partial charge in [0, 0.05) is 256 Å². The minimum atomic E-state index is -1.06. The zero-order chi connectivity index (χ0) is 55.9. The van der Waals surface area contributed by atoms with E-state index in [1.54, 1.807) is 0 Å². The van der Waals surface area contributed by atoms with Gasteiger partial charge in [-0.1, -0.05) is 96.9 Å². The van der Waals surface area contributed by atoms with E-state index in [1.807, 2.05) is 69.2 Å². The molecular formula is C57H102Ac5O19. The quantitative estimate of drug-likeness (QED) is 0.114. The molecule has 7 aliphatic rings. The Hall–Kier alpha value is 6.45. The summed E-state index contributed by atoms with van der Waals surface area (Å²) in [5, 5.41) is 64.6. The minimum absolute atomic E-state index is 0. The van der Waals surface area contributed by atoms with Crippen molar-refractivity contribution >= 4 is 0 Å². The zero-order valence-electron chi connectivity index (χ0n) is 51.6. The molecule has 14 unspecified atom stereocenters. The standard InChI is InChI=1S/C57H102O19.5Ac/c1-18-39-48(25(4)23(2)36(15)64-39)73-52-31(10)26(5)47(38(17)65-52)72-57-35(14)45(63)51(43(22-61)70-57)76-53-32(11)27(6)46(37(16)66-53)71-55-33(12)28(7)50(41(20-59)68-55)75-56-34(13)29(8)49(42(21-60)69-56)74-54-30(9)24(3)44(62)40(19-58)67-54;;;;;/h23-63H,18-22H2,1-17H3;;;;;/t23?,24-,25-,26?,27-,28-,29-,30?,31?,32?,33?,34?,35?,36+,37?,38+,39?,40?,41?,42?,43-,44-,45?,46-,47+,48-,49-,50-,51-,52-,53+,54+,55+,56+,57-;;;;;/m1...../s1. The molecule has 5 radical (unpaired) electrons. The van der Waals surface area contributed by atoms with E-state index in [9.17, 15) is 30.6 Å². The Balaban J connectivity index is 0.00000448. The SMILES string of the molecule is CCC1O[C@@H](C)C(C)[C@@H](C)[C@H]1O[C@H]1O[C@@H](C)[C@@H](O[C@H]2O[C@H](CO)[C@@H](O[C@@H]3OC(C)[C@H](O[C@@H]4OC(CO)[C@H](O[C@@H]5OC(CO)[C@H](O[C@@H]6OC(CO)[C@H](O)[C@H](C)C6C)[C@H](C)C5C)[C@H](C)C4C)[C@H](C)C3C)C(O)C2C)C(C)C1C.[Ac].[Ac].[Ac].[Ac].[Ac]. The van der Waals surface area contributed by atoms with E-state index < -0.39 is 117 Å². The summed E-state index contributed by atoms with van der Waals surface area (Å²) in [5.41, 5.74) is 0. The van der Waals surface area contributed by atoms with Gasteiger partial charge in [0.2, 0.25) is 0 Å². The number of hydrogen-bond donors (Lipinski definition) is 6. The molecule has 0 aromatic heterocycles. The largest absolute Gasteiger partial charge is 0.394 e. The fraction of sp³-hybridized carbons (Fsp3) is 1.00.